The van der Waals surface area contributed by atoms with Crippen LogP contribution in [0.2, 0.25) is 0 Å². The summed E-state index contributed by atoms with van der Waals surface area (Å²) in [5.41, 5.74) is 0. The van der Waals surface area contributed by atoms with Crippen molar-refractivity contribution >= 4 is 5.91 Å². The lowest BCUT2D eigenvalue weighted by atomic mass is 9.89. The molecule has 3 rings (SSSR count). The van der Waals surface area contributed by atoms with Gasteiger partial charge in [-0.05, 0) is 18.8 Å². The van der Waals surface area contributed by atoms with Gasteiger partial charge in [0.05, 0.1) is 19.3 Å². The predicted octanol–water partition coefficient (Wildman–Crippen LogP) is 1.87. The SMILES string of the molecule is Cc1nnc([C@@H]2COCCN2C(=O)CO[C@H]2CCC[C@H](C)C2)o1. The Labute approximate surface area is 136 Å². The van der Waals surface area contributed by atoms with E-state index in [1.165, 1.54) is 12.8 Å². The first-order valence-corrected chi connectivity index (χ1v) is 8.42. The maximum atomic E-state index is 12.6. The fraction of sp³-hybridized carbons (Fsp3) is 0.812. The number of carbonyl (C=O) groups is 1. The second-order valence-electron chi connectivity index (χ2n) is 6.54. The maximum absolute atomic E-state index is 12.6. The van der Waals surface area contributed by atoms with Crippen molar-refractivity contribution in [2.45, 2.75) is 51.7 Å². The fourth-order valence-corrected chi connectivity index (χ4v) is 3.36. The first kappa shape index (κ1) is 16.4. The Morgan fingerprint density at radius 3 is 3.00 bits per heavy atom. The molecule has 1 aliphatic heterocycles. The molecule has 7 nitrogen and oxygen atoms in total. The molecule has 0 unspecified atom stereocenters. The third-order valence-corrected chi connectivity index (χ3v) is 4.61. The summed E-state index contributed by atoms with van der Waals surface area (Å²) in [5, 5.41) is 7.87. The molecule has 2 fully saturated rings. The number of morpholine rings is 1. The summed E-state index contributed by atoms with van der Waals surface area (Å²) in [6, 6.07) is -0.314. The van der Waals surface area contributed by atoms with E-state index in [0.717, 1.165) is 12.8 Å². The van der Waals surface area contributed by atoms with Crippen molar-refractivity contribution in [2.24, 2.45) is 5.92 Å². The van der Waals surface area contributed by atoms with Gasteiger partial charge in [-0.3, -0.25) is 4.79 Å². The summed E-state index contributed by atoms with van der Waals surface area (Å²) in [7, 11) is 0. The van der Waals surface area contributed by atoms with Gasteiger partial charge in [0.2, 0.25) is 17.7 Å². The van der Waals surface area contributed by atoms with Gasteiger partial charge in [-0.25, -0.2) is 0 Å². The highest BCUT2D eigenvalue weighted by Crippen LogP contribution is 2.27. The van der Waals surface area contributed by atoms with Crippen LogP contribution in [0.4, 0.5) is 0 Å². The number of aryl methyl sites for hydroxylation is 1. The van der Waals surface area contributed by atoms with Crippen LogP contribution in [0.5, 0.6) is 0 Å². The van der Waals surface area contributed by atoms with Crippen molar-refractivity contribution in [3.05, 3.63) is 11.8 Å². The van der Waals surface area contributed by atoms with Crippen molar-refractivity contribution < 1.29 is 18.7 Å². The van der Waals surface area contributed by atoms with Crippen molar-refractivity contribution in [3.8, 4) is 0 Å². The first-order valence-electron chi connectivity index (χ1n) is 8.42. The zero-order valence-corrected chi connectivity index (χ0v) is 13.9. The molecule has 1 amide bonds. The van der Waals surface area contributed by atoms with E-state index in [-0.39, 0.29) is 24.7 Å². The number of carbonyl (C=O) groups excluding carboxylic acids is 1. The van der Waals surface area contributed by atoms with Gasteiger partial charge in [0.25, 0.3) is 0 Å². The Kier molecular flexibility index (Phi) is 5.27. The van der Waals surface area contributed by atoms with Crippen LogP contribution in [0.1, 0.15) is 50.4 Å². The lowest BCUT2D eigenvalue weighted by molar-refractivity contribution is -0.149. The number of ether oxygens (including phenoxy) is 2. The van der Waals surface area contributed by atoms with Crippen LogP contribution in [0.15, 0.2) is 4.42 Å². The van der Waals surface area contributed by atoms with Crippen LogP contribution in [-0.2, 0) is 14.3 Å². The summed E-state index contributed by atoms with van der Waals surface area (Å²) in [5.74, 6) is 1.57. The van der Waals surface area contributed by atoms with Gasteiger partial charge >= 0.3 is 0 Å². The second-order valence-corrected chi connectivity index (χ2v) is 6.54. The van der Waals surface area contributed by atoms with Crippen LogP contribution in [-0.4, -0.2) is 53.5 Å². The van der Waals surface area contributed by atoms with Gasteiger partial charge in [0.1, 0.15) is 12.6 Å². The molecule has 1 saturated carbocycles. The van der Waals surface area contributed by atoms with E-state index in [9.17, 15) is 4.79 Å². The lowest BCUT2D eigenvalue weighted by Crippen LogP contribution is -2.45. The standard InChI is InChI=1S/C16H25N3O4/c1-11-4-3-5-13(8-11)22-10-15(20)19-6-7-21-9-14(19)16-18-17-12(2)23-16/h11,13-14H,3-10H2,1-2H3/t11-,13-,14-/m0/s1. The summed E-state index contributed by atoms with van der Waals surface area (Å²) in [4.78, 5) is 14.3. The molecule has 0 aromatic carbocycles. The molecular formula is C16H25N3O4. The van der Waals surface area contributed by atoms with Gasteiger partial charge in [0.15, 0.2) is 0 Å². The average molecular weight is 323 g/mol. The minimum absolute atomic E-state index is 0.0348. The molecule has 0 radical (unpaired) electrons. The second kappa shape index (κ2) is 7.40. The highest BCUT2D eigenvalue weighted by atomic mass is 16.5. The van der Waals surface area contributed by atoms with Crippen LogP contribution in [0, 0.1) is 12.8 Å². The lowest BCUT2D eigenvalue weighted by Gasteiger charge is -2.34. The topological polar surface area (TPSA) is 77.7 Å². The third-order valence-electron chi connectivity index (χ3n) is 4.61. The summed E-state index contributed by atoms with van der Waals surface area (Å²) >= 11 is 0. The van der Waals surface area contributed by atoms with E-state index < -0.39 is 0 Å². The van der Waals surface area contributed by atoms with Crippen molar-refractivity contribution in [1.29, 1.82) is 0 Å². The Balaban J connectivity index is 1.58. The molecule has 3 atom stereocenters. The molecule has 1 saturated heterocycles. The average Bonchev–Trinajstić information content (AvgIpc) is 2.99. The molecule has 1 aromatic rings. The molecular weight excluding hydrogens is 298 g/mol. The molecule has 1 aliphatic carbocycles. The highest BCUT2D eigenvalue weighted by Gasteiger charge is 2.33. The van der Waals surface area contributed by atoms with Gasteiger partial charge < -0.3 is 18.8 Å². The smallest absolute Gasteiger partial charge is 0.249 e. The van der Waals surface area contributed by atoms with Crippen LogP contribution in [0.3, 0.4) is 0 Å². The van der Waals surface area contributed by atoms with E-state index in [1.54, 1.807) is 11.8 Å². The van der Waals surface area contributed by atoms with Gasteiger partial charge in [-0.1, -0.05) is 19.8 Å². The minimum atomic E-state index is -0.314. The van der Waals surface area contributed by atoms with Crippen LogP contribution in [0.25, 0.3) is 0 Å². The fourth-order valence-electron chi connectivity index (χ4n) is 3.36. The Morgan fingerprint density at radius 1 is 1.39 bits per heavy atom. The molecule has 0 N–H and O–H groups in total. The summed E-state index contributed by atoms with van der Waals surface area (Å²) < 4.78 is 16.8. The minimum Gasteiger partial charge on any atom is -0.423 e. The van der Waals surface area contributed by atoms with E-state index in [2.05, 4.69) is 17.1 Å². The number of hydrogen-bond acceptors (Lipinski definition) is 6. The Hall–Kier alpha value is -1.47. The quantitative estimate of drug-likeness (QED) is 0.842. The van der Waals surface area contributed by atoms with E-state index in [1.807, 2.05) is 0 Å². The molecule has 128 valence electrons. The monoisotopic (exact) mass is 323 g/mol. The number of amides is 1. The molecule has 2 aliphatic rings. The maximum Gasteiger partial charge on any atom is 0.249 e. The highest BCUT2D eigenvalue weighted by molar-refractivity contribution is 5.78. The molecule has 1 aromatic heterocycles. The Bertz CT molecular complexity index is 533. The number of nitrogens with zero attached hydrogens (tertiary/aromatic N) is 3. The van der Waals surface area contributed by atoms with E-state index >= 15 is 0 Å². The summed E-state index contributed by atoms with van der Waals surface area (Å²) in [6.45, 7) is 5.52. The molecule has 7 heteroatoms. The number of aromatic nitrogens is 2. The van der Waals surface area contributed by atoms with Crippen LogP contribution >= 0.6 is 0 Å². The molecule has 0 bridgehead atoms. The number of rotatable bonds is 4. The largest absolute Gasteiger partial charge is 0.423 e. The van der Waals surface area contributed by atoms with Gasteiger partial charge in [-0.2, -0.15) is 0 Å². The van der Waals surface area contributed by atoms with Gasteiger partial charge in [0, 0.05) is 13.5 Å². The zero-order chi connectivity index (χ0) is 16.2. The zero-order valence-electron chi connectivity index (χ0n) is 13.9. The van der Waals surface area contributed by atoms with Gasteiger partial charge in [-0.15, -0.1) is 10.2 Å². The molecule has 23 heavy (non-hydrogen) atoms. The summed E-state index contributed by atoms with van der Waals surface area (Å²) in [6.07, 6.45) is 4.74. The number of hydrogen-bond donors (Lipinski definition) is 0. The normalized spacial score (nSPS) is 28.8. The van der Waals surface area contributed by atoms with Crippen LogP contribution < -0.4 is 0 Å². The Morgan fingerprint density at radius 2 is 2.26 bits per heavy atom. The molecule has 0 spiro atoms. The third kappa shape index (κ3) is 4.09. The van der Waals surface area contributed by atoms with Crippen molar-refractivity contribution in [2.75, 3.05) is 26.4 Å². The van der Waals surface area contributed by atoms with E-state index in [4.69, 9.17) is 13.9 Å². The predicted molar refractivity (Wildman–Crippen MR) is 81.7 cm³/mol. The molecule has 2 heterocycles. The van der Waals surface area contributed by atoms with Crippen molar-refractivity contribution in [1.82, 2.24) is 15.1 Å². The van der Waals surface area contributed by atoms with E-state index in [0.29, 0.717) is 37.5 Å². The van der Waals surface area contributed by atoms with Crippen molar-refractivity contribution in [3.63, 3.8) is 0 Å². The first-order chi connectivity index (χ1) is 11.1.